The highest BCUT2D eigenvalue weighted by Gasteiger charge is 2.30. The van der Waals surface area contributed by atoms with Crippen LogP contribution in [-0.2, 0) is 6.18 Å². The molecule has 0 atom stereocenters. The van der Waals surface area contributed by atoms with E-state index in [1.54, 1.807) is 18.3 Å². The maximum Gasteiger partial charge on any atom is 0.416 e. The maximum atomic E-state index is 12.3. The third-order valence-electron chi connectivity index (χ3n) is 2.32. The van der Waals surface area contributed by atoms with Gasteiger partial charge in [-0.1, -0.05) is 12.1 Å². The van der Waals surface area contributed by atoms with E-state index >= 15 is 0 Å². The summed E-state index contributed by atoms with van der Waals surface area (Å²) in [6, 6.07) is 7.36. The molecule has 0 fully saturated rings. The molecule has 0 radical (unpaired) electrons. The van der Waals surface area contributed by atoms with Gasteiger partial charge in [0.1, 0.15) is 0 Å². The van der Waals surface area contributed by atoms with E-state index < -0.39 is 11.7 Å². The Morgan fingerprint density at radius 1 is 1.06 bits per heavy atom. The van der Waals surface area contributed by atoms with Crippen LogP contribution in [0, 0.1) is 0 Å². The Morgan fingerprint density at radius 2 is 1.71 bits per heavy atom. The molecule has 0 bridgehead atoms. The Hall–Kier alpha value is -2.04. The number of hydrogen-bond acceptors (Lipinski definition) is 1. The van der Waals surface area contributed by atoms with Gasteiger partial charge in [-0.3, -0.25) is 4.79 Å². The zero-order valence-corrected chi connectivity index (χ0v) is 8.58. The van der Waals surface area contributed by atoms with Crippen LogP contribution in [0.5, 0.6) is 0 Å². The number of nitrogens with one attached hydrogen (secondary N) is 1. The molecule has 1 N–H and O–H groups in total. The Kier molecular flexibility index (Phi) is 2.75. The molecule has 0 saturated heterocycles. The Morgan fingerprint density at radius 3 is 2.18 bits per heavy atom. The third kappa shape index (κ3) is 2.38. The van der Waals surface area contributed by atoms with E-state index in [4.69, 9.17) is 0 Å². The number of aromatic nitrogens is 1. The zero-order chi connectivity index (χ0) is 12.5. The molecule has 2 aromatic rings. The number of benzene rings is 1. The van der Waals surface area contributed by atoms with E-state index in [1.165, 1.54) is 12.1 Å². The first-order valence-electron chi connectivity index (χ1n) is 4.84. The van der Waals surface area contributed by atoms with Crippen LogP contribution >= 0.6 is 0 Å². The van der Waals surface area contributed by atoms with Crippen molar-refractivity contribution in [1.82, 2.24) is 4.98 Å². The van der Waals surface area contributed by atoms with Crippen molar-refractivity contribution in [2.75, 3.05) is 0 Å². The summed E-state index contributed by atoms with van der Waals surface area (Å²) in [4.78, 5) is 14.5. The van der Waals surface area contributed by atoms with Crippen molar-refractivity contribution in [2.45, 2.75) is 6.18 Å². The van der Waals surface area contributed by atoms with E-state index in [0.29, 0.717) is 5.69 Å². The average molecular weight is 239 g/mol. The largest absolute Gasteiger partial charge is 0.416 e. The summed E-state index contributed by atoms with van der Waals surface area (Å²) < 4.78 is 36.9. The van der Waals surface area contributed by atoms with Crippen LogP contribution in [-0.4, -0.2) is 10.8 Å². The number of carbonyl (C=O) groups is 1. The van der Waals surface area contributed by atoms with Crippen molar-refractivity contribution in [3.63, 3.8) is 0 Å². The zero-order valence-electron chi connectivity index (χ0n) is 8.58. The molecule has 5 heteroatoms. The molecule has 1 aromatic heterocycles. The second kappa shape index (κ2) is 4.08. The van der Waals surface area contributed by atoms with Gasteiger partial charge in [-0.2, -0.15) is 13.2 Å². The van der Waals surface area contributed by atoms with Crippen molar-refractivity contribution in [3.05, 3.63) is 59.4 Å². The first-order chi connectivity index (χ1) is 7.98. The molecule has 17 heavy (non-hydrogen) atoms. The number of ketones is 1. The van der Waals surface area contributed by atoms with Crippen LogP contribution < -0.4 is 0 Å². The highest BCUT2D eigenvalue weighted by atomic mass is 19.4. The summed E-state index contributed by atoms with van der Waals surface area (Å²) >= 11 is 0. The van der Waals surface area contributed by atoms with Crippen LogP contribution in [0.4, 0.5) is 13.2 Å². The van der Waals surface area contributed by atoms with Gasteiger partial charge < -0.3 is 4.98 Å². The highest BCUT2D eigenvalue weighted by Crippen LogP contribution is 2.29. The van der Waals surface area contributed by atoms with Crippen LogP contribution in [0.15, 0.2) is 42.6 Å². The van der Waals surface area contributed by atoms with Gasteiger partial charge in [-0.25, -0.2) is 0 Å². The highest BCUT2D eigenvalue weighted by molar-refractivity contribution is 6.07. The van der Waals surface area contributed by atoms with Gasteiger partial charge in [-0.05, 0) is 24.3 Å². The first-order valence-corrected chi connectivity index (χ1v) is 4.84. The molecule has 2 nitrogen and oxygen atoms in total. The van der Waals surface area contributed by atoms with Gasteiger partial charge in [0.2, 0.25) is 5.78 Å². The summed E-state index contributed by atoms with van der Waals surface area (Å²) in [5.41, 5.74) is -0.189. The van der Waals surface area contributed by atoms with Crippen molar-refractivity contribution in [2.24, 2.45) is 0 Å². The molecule has 0 unspecified atom stereocenters. The molecule has 2 rings (SSSR count). The number of carbonyl (C=O) groups excluding carboxylic acids is 1. The van der Waals surface area contributed by atoms with Crippen LogP contribution in [0.3, 0.4) is 0 Å². The number of aromatic amines is 1. The van der Waals surface area contributed by atoms with E-state index in [9.17, 15) is 18.0 Å². The average Bonchev–Trinajstić information content (AvgIpc) is 2.80. The van der Waals surface area contributed by atoms with Crippen LogP contribution in [0.2, 0.25) is 0 Å². The number of halogens is 3. The van der Waals surface area contributed by atoms with Crippen molar-refractivity contribution in [3.8, 4) is 0 Å². The summed E-state index contributed by atoms with van der Waals surface area (Å²) in [7, 11) is 0. The Balaban J connectivity index is 2.28. The second-order valence-corrected chi connectivity index (χ2v) is 3.49. The number of hydrogen-bond donors (Lipinski definition) is 1. The van der Waals surface area contributed by atoms with Gasteiger partial charge in [0.25, 0.3) is 0 Å². The summed E-state index contributed by atoms with van der Waals surface area (Å²) in [5.74, 6) is -0.330. The molecule has 0 aliphatic rings. The number of rotatable bonds is 2. The van der Waals surface area contributed by atoms with Gasteiger partial charge in [0.05, 0.1) is 11.3 Å². The van der Waals surface area contributed by atoms with E-state index in [1.807, 2.05) is 0 Å². The fourth-order valence-electron chi connectivity index (χ4n) is 1.44. The lowest BCUT2D eigenvalue weighted by Crippen LogP contribution is -2.06. The SMILES string of the molecule is O=C(c1ccc(C(F)(F)F)cc1)c1ccc[nH]1. The van der Waals surface area contributed by atoms with Crippen LogP contribution in [0.25, 0.3) is 0 Å². The van der Waals surface area contributed by atoms with Crippen molar-refractivity contribution >= 4 is 5.78 Å². The number of H-pyrrole nitrogens is 1. The molecule has 0 amide bonds. The predicted octanol–water partition coefficient (Wildman–Crippen LogP) is 3.26. The molecule has 0 spiro atoms. The minimum Gasteiger partial charge on any atom is -0.359 e. The molecule has 1 heterocycles. The standard InChI is InChI=1S/C12H8F3NO/c13-12(14,15)9-5-3-8(4-6-9)11(17)10-2-1-7-16-10/h1-7,16H. The third-order valence-corrected chi connectivity index (χ3v) is 2.32. The monoisotopic (exact) mass is 239 g/mol. The van der Waals surface area contributed by atoms with E-state index in [-0.39, 0.29) is 11.3 Å². The van der Waals surface area contributed by atoms with Gasteiger partial charge in [0, 0.05) is 11.8 Å². The summed E-state index contributed by atoms with van der Waals surface area (Å²) in [5, 5.41) is 0. The Labute approximate surface area is 95.1 Å². The lowest BCUT2D eigenvalue weighted by Gasteiger charge is -2.06. The summed E-state index contributed by atoms with van der Waals surface area (Å²) in [6.45, 7) is 0. The quantitative estimate of drug-likeness (QED) is 0.801. The smallest absolute Gasteiger partial charge is 0.359 e. The lowest BCUT2D eigenvalue weighted by molar-refractivity contribution is -0.137. The first kappa shape index (κ1) is 11.4. The van der Waals surface area contributed by atoms with Crippen molar-refractivity contribution < 1.29 is 18.0 Å². The van der Waals surface area contributed by atoms with Crippen molar-refractivity contribution in [1.29, 1.82) is 0 Å². The van der Waals surface area contributed by atoms with Gasteiger partial charge in [-0.15, -0.1) is 0 Å². The normalized spacial score (nSPS) is 11.5. The minimum absolute atomic E-state index is 0.223. The van der Waals surface area contributed by atoms with E-state index in [2.05, 4.69) is 4.98 Å². The minimum atomic E-state index is -4.38. The second-order valence-electron chi connectivity index (χ2n) is 3.49. The summed E-state index contributed by atoms with van der Waals surface area (Å²) in [6.07, 6.45) is -2.80. The molecule has 1 aromatic carbocycles. The molecule has 88 valence electrons. The number of alkyl halides is 3. The van der Waals surface area contributed by atoms with Gasteiger partial charge >= 0.3 is 6.18 Å². The van der Waals surface area contributed by atoms with Gasteiger partial charge in [0.15, 0.2) is 0 Å². The fourth-order valence-corrected chi connectivity index (χ4v) is 1.44. The molecule has 0 aliphatic carbocycles. The Bertz CT molecular complexity index is 512. The molecular weight excluding hydrogens is 231 g/mol. The molecular formula is C12H8F3NO. The topological polar surface area (TPSA) is 32.9 Å². The predicted molar refractivity (Wildman–Crippen MR) is 55.7 cm³/mol. The fraction of sp³-hybridized carbons (Fsp3) is 0.0833. The van der Waals surface area contributed by atoms with E-state index in [0.717, 1.165) is 12.1 Å². The molecule has 0 saturated carbocycles. The maximum absolute atomic E-state index is 12.3. The van der Waals surface area contributed by atoms with Crippen LogP contribution in [0.1, 0.15) is 21.6 Å². The molecule has 0 aliphatic heterocycles. The lowest BCUT2D eigenvalue weighted by atomic mass is 10.1.